The van der Waals surface area contributed by atoms with Gasteiger partial charge in [-0.2, -0.15) is 0 Å². The predicted octanol–water partition coefficient (Wildman–Crippen LogP) is 1.37. The molecule has 0 aromatic heterocycles. The monoisotopic (exact) mass is 192 g/mol. The van der Waals surface area contributed by atoms with E-state index >= 15 is 0 Å². The molecular formula is C11H9FO2. The number of aliphatic hydroxyl groups excluding tert-OH is 1. The molecule has 0 saturated carbocycles. The summed E-state index contributed by atoms with van der Waals surface area (Å²) in [5.41, 5.74) is 0.542. The van der Waals surface area contributed by atoms with Gasteiger partial charge in [0.15, 0.2) is 5.78 Å². The summed E-state index contributed by atoms with van der Waals surface area (Å²) in [5, 5.41) is 8.45. The van der Waals surface area contributed by atoms with Crippen LogP contribution in [0.25, 0.3) is 0 Å². The molecule has 1 rings (SSSR count). The minimum absolute atomic E-state index is 0.0229. The van der Waals surface area contributed by atoms with Gasteiger partial charge in [0, 0.05) is 5.56 Å². The Morgan fingerprint density at radius 2 is 2.29 bits per heavy atom. The zero-order chi connectivity index (χ0) is 10.6. The standard InChI is InChI=1S/C11H9FO2/c1-8(14)10-7-9(3-2-6-13)4-5-11(10)12/h4-5,7,13H,6H2,1H3. The number of halogens is 1. The Hall–Kier alpha value is -1.66. The Labute approximate surface area is 81.4 Å². The Morgan fingerprint density at radius 1 is 1.57 bits per heavy atom. The zero-order valence-corrected chi connectivity index (χ0v) is 7.67. The molecule has 1 aromatic carbocycles. The number of hydrogen-bond donors (Lipinski definition) is 1. The quantitative estimate of drug-likeness (QED) is 0.539. The summed E-state index contributed by atoms with van der Waals surface area (Å²) in [5.74, 6) is 4.13. The molecule has 0 aliphatic carbocycles. The molecule has 1 N–H and O–H groups in total. The number of aliphatic hydroxyl groups is 1. The normalized spacial score (nSPS) is 9.07. The van der Waals surface area contributed by atoms with E-state index in [0.717, 1.165) is 0 Å². The lowest BCUT2D eigenvalue weighted by atomic mass is 10.1. The van der Waals surface area contributed by atoms with Crippen LogP contribution in [0.5, 0.6) is 0 Å². The summed E-state index contributed by atoms with van der Waals surface area (Å²) < 4.78 is 13.0. The molecule has 0 unspecified atom stereocenters. The fourth-order valence-corrected chi connectivity index (χ4v) is 1.01. The van der Waals surface area contributed by atoms with Crippen LogP contribution in [0.2, 0.25) is 0 Å². The van der Waals surface area contributed by atoms with E-state index in [2.05, 4.69) is 11.8 Å². The van der Waals surface area contributed by atoms with Gasteiger partial charge in [-0.3, -0.25) is 4.79 Å². The maximum Gasteiger partial charge on any atom is 0.162 e. The first-order chi connectivity index (χ1) is 6.65. The number of carbonyl (C=O) groups excluding carboxylic acids is 1. The van der Waals surface area contributed by atoms with E-state index in [-0.39, 0.29) is 18.0 Å². The molecule has 3 heteroatoms. The maximum absolute atomic E-state index is 13.0. The molecule has 0 aliphatic rings. The number of benzene rings is 1. The summed E-state index contributed by atoms with van der Waals surface area (Å²) in [4.78, 5) is 11.0. The lowest BCUT2D eigenvalue weighted by Gasteiger charge is -1.98. The van der Waals surface area contributed by atoms with E-state index in [1.807, 2.05) is 0 Å². The minimum Gasteiger partial charge on any atom is -0.384 e. The molecular weight excluding hydrogens is 183 g/mol. The number of Topliss-reactive ketones (excluding diaryl/α,β-unsaturated/α-hetero) is 1. The second kappa shape index (κ2) is 4.54. The van der Waals surface area contributed by atoms with Crippen LogP contribution in [-0.4, -0.2) is 17.5 Å². The van der Waals surface area contributed by atoms with Gasteiger partial charge in [-0.1, -0.05) is 11.8 Å². The van der Waals surface area contributed by atoms with Gasteiger partial charge >= 0.3 is 0 Å². The molecule has 0 bridgehead atoms. The first-order valence-electron chi connectivity index (χ1n) is 4.05. The Bertz CT molecular complexity index is 413. The molecule has 2 nitrogen and oxygen atoms in total. The topological polar surface area (TPSA) is 37.3 Å². The van der Waals surface area contributed by atoms with Crippen LogP contribution < -0.4 is 0 Å². The highest BCUT2D eigenvalue weighted by atomic mass is 19.1. The maximum atomic E-state index is 13.0. The second-order valence-electron chi connectivity index (χ2n) is 2.71. The van der Waals surface area contributed by atoms with Crippen molar-refractivity contribution in [1.29, 1.82) is 0 Å². The van der Waals surface area contributed by atoms with Gasteiger partial charge in [-0.05, 0) is 25.1 Å². The van der Waals surface area contributed by atoms with E-state index in [9.17, 15) is 9.18 Å². The lowest BCUT2D eigenvalue weighted by molar-refractivity contribution is 0.101. The summed E-state index contributed by atoms with van der Waals surface area (Å²) >= 11 is 0. The van der Waals surface area contributed by atoms with Crippen molar-refractivity contribution in [1.82, 2.24) is 0 Å². The second-order valence-corrected chi connectivity index (χ2v) is 2.71. The van der Waals surface area contributed by atoms with Crippen LogP contribution in [0, 0.1) is 17.7 Å². The molecule has 1 aromatic rings. The molecule has 0 aliphatic heterocycles. The third-order valence-electron chi connectivity index (χ3n) is 1.66. The highest BCUT2D eigenvalue weighted by Gasteiger charge is 2.06. The van der Waals surface area contributed by atoms with Crippen LogP contribution in [0.1, 0.15) is 22.8 Å². The van der Waals surface area contributed by atoms with E-state index in [4.69, 9.17) is 5.11 Å². The van der Waals surface area contributed by atoms with Gasteiger partial charge < -0.3 is 5.11 Å². The highest BCUT2D eigenvalue weighted by Crippen LogP contribution is 2.10. The first kappa shape index (κ1) is 10.4. The number of rotatable bonds is 1. The van der Waals surface area contributed by atoms with Crippen molar-refractivity contribution in [3.05, 3.63) is 35.1 Å². The molecule has 14 heavy (non-hydrogen) atoms. The highest BCUT2D eigenvalue weighted by molar-refractivity contribution is 5.94. The van der Waals surface area contributed by atoms with Crippen molar-refractivity contribution in [2.24, 2.45) is 0 Å². The molecule has 0 radical (unpaired) electrons. The van der Waals surface area contributed by atoms with Crippen molar-refractivity contribution < 1.29 is 14.3 Å². The van der Waals surface area contributed by atoms with Crippen LogP contribution in [0.15, 0.2) is 18.2 Å². The Kier molecular flexibility index (Phi) is 3.38. The molecule has 0 atom stereocenters. The van der Waals surface area contributed by atoms with Gasteiger partial charge in [-0.25, -0.2) is 4.39 Å². The molecule has 0 fully saturated rings. The molecule has 72 valence electrons. The van der Waals surface area contributed by atoms with Crippen molar-refractivity contribution in [3.63, 3.8) is 0 Å². The zero-order valence-electron chi connectivity index (χ0n) is 7.67. The Balaban J connectivity index is 3.13. The SMILES string of the molecule is CC(=O)c1cc(C#CCO)ccc1F. The average molecular weight is 192 g/mol. The van der Waals surface area contributed by atoms with E-state index < -0.39 is 5.82 Å². The third kappa shape index (κ3) is 2.41. The molecule has 0 heterocycles. The van der Waals surface area contributed by atoms with Crippen LogP contribution >= 0.6 is 0 Å². The first-order valence-corrected chi connectivity index (χ1v) is 4.05. The predicted molar refractivity (Wildman–Crippen MR) is 50.4 cm³/mol. The summed E-state index contributed by atoms with van der Waals surface area (Å²) in [7, 11) is 0. The smallest absolute Gasteiger partial charge is 0.162 e. The van der Waals surface area contributed by atoms with Crippen LogP contribution in [-0.2, 0) is 0 Å². The summed E-state index contributed by atoms with van der Waals surface area (Å²) in [6, 6.07) is 4.03. The fourth-order valence-electron chi connectivity index (χ4n) is 1.01. The van der Waals surface area contributed by atoms with Gasteiger partial charge in [0.05, 0.1) is 5.56 Å². The van der Waals surface area contributed by atoms with Crippen molar-refractivity contribution in [2.75, 3.05) is 6.61 Å². The number of hydrogen-bond acceptors (Lipinski definition) is 2. The van der Waals surface area contributed by atoms with Crippen molar-refractivity contribution in [3.8, 4) is 11.8 Å². The lowest BCUT2D eigenvalue weighted by Crippen LogP contribution is -1.97. The van der Waals surface area contributed by atoms with Gasteiger partial charge in [0.1, 0.15) is 12.4 Å². The summed E-state index contributed by atoms with van der Waals surface area (Å²) in [6.45, 7) is 1.04. The molecule has 0 saturated heterocycles. The van der Waals surface area contributed by atoms with Gasteiger partial charge in [0.2, 0.25) is 0 Å². The van der Waals surface area contributed by atoms with Gasteiger partial charge in [-0.15, -0.1) is 0 Å². The number of ketones is 1. The summed E-state index contributed by atoms with van der Waals surface area (Å²) in [6.07, 6.45) is 0. The number of carbonyl (C=O) groups is 1. The van der Waals surface area contributed by atoms with Crippen LogP contribution in [0.3, 0.4) is 0 Å². The van der Waals surface area contributed by atoms with Crippen molar-refractivity contribution >= 4 is 5.78 Å². The van der Waals surface area contributed by atoms with E-state index in [1.165, 1.54) is 25.1 Å². The largest absolute Gasteiger partial charge is 0.384 e. The molecule has 0 amide bonds. The fraction of sp³-hybridized carbons (Fsp3) is 0.182. The van der Waals surface area contributed by atoms with Gasteiger partial charge in [0.25, 0.3) is 0 Å². The molecule has 0 spiro atoms. The van der Waals surface area contributed by atoms with E-state index in [0.29, 0.717) is 5.56 Å². The van der Waals surface area contributed by atoms with Crippen LogP contribution in [0.4, 0.5) is 4.39 Å². The minimum atomic E-state index is -0.549. The Morgan fingerprint density at radius 3 is 2.86 bits per heavy atom. The third-order valence-corrected chi connectivity index (χ3v) is 1.66. The van der Waals surface area contributed by atoms with E-state index in [1.54, 1.807) is 0 Å². The van der Waals surface area contributed by atoms with Crippen molar-refractivity contribution in [2.45, 2.75) is 6.92 Å². The average Bonchev–Trinajstić information content (AvgIpc) is 2.16.